The summed E-state index contributed by atoms with van der Waals surface area (Å²) in [6, 6.07) is 13.7. The predicted octanol–water partition coefficient (Wildman–Crippen LogP) is 4.62. The summed E-state index contributed by atoms with van der Waals surface area (Å²) in [7, 11) is 3.22. The average Bonchev–Trinajstić information content (AvgIpc) is 2.77. The fraction of sp³-hybridized carbons (Fsp3) is 0.333. The number of nitrogens with zero attached hydrogens (tertiary/aromatic N) is 2. The molecule has 0 spiro atoms. The molecule has 0 fully saturated rings. The number of aryl methyl sites for hydroxylation is 2. The first kappa shape index (κ1) is 20.0. The maximum atomic E-state index is 12.7. The van der Waals surface area contributed by atoms with E-state index in [1.54, 1.807) is 18.8 Å². The molecule has 0 unspecified atom stereocenters. The van der Waals surface area contributed by atoms with Gasteiger partial charge in [0.15, 0.2) is 11.5 Å². The summed E-state index contributed by atoms with van der Waals surface area (Å²) in [4.78, 5) is 16.8. The lowest BCUT2D eigenvalue weighted by molar-refractivity contribution is 0.354. The Kier molecular flexibility index (Phi) is 5.74. The topological polar surface area (TPSA) is 62.6 Å². The molecule has 0 bridgehead atoms. The lowest BCUT2D eigenvalue weighted by atomic mass is 9.97. The van der Waals surface area contributed by atoms with Gasteiger partial charge in [-0.05, 0) is 54.7 Å². The molecule has 3 aromatic rings. The van der Waals surface area contributed by atoms with Crippen LogP contribution in [0.5, 0.6) is 23.1 Å². The van der Waals surface area contributed by atoms with E-state index in [2.05, 4.69) is 24.0 Å². The molecule has 1 aliphatic heterocycles. The van der Waals surface area contributed by atoms with Gasteiger partial charge >= 0.3 is 5.69 Å². The summed E-state index contributed by atoms with van der Waals surface area (Å²) in [5.41, 5.74) is 3.76. The molecule has 0 N–H and O–H groups in total. The van der Waals surface area contributed by atoms with Crippen LogP contribution in [0, 0.1) is 0 Å². The molecule has 0 saturated heterocycles. The predicted molar refractivity (Wildman–Crippen MR) is 116 cm³/mol. The molecule has 2 aromatic carbocycles. The molecule has 0 amide bonds. The van der Waals surface area contributed by atoms with Gasteiger partial charge in [0.1, 0.15) is 5.75 Å². The standard InChI is InChI=1S/C24H26N2O4/c1-4-5-6-16-7-9-18(10-8-16)30-23-15-20-19-14-22(29-3)21(28-2)13-17(19)11-12-26(20)24(27)25-23/h7-10,13-15H,4-6,11-12H2,1-3H3. The van der Waals surface area contributed by atoms with Crippen molar-refractivity contribution < 1.29 is 14.2 Å². The highest BCUT2D eigenvalue weighted by atomic mass is 16.5. The van der Waals surface area contributed by atoms with Crippen LogP contribution in [0.25, 0.3) is 11.3 Å². The Morgan fingerprint density at radius 2 is 1.77 bits per heavy atom. The zero-order chi connectivity index (χ0) is 21.1. The molecule has 0 radical (unpaired) electrons. The van der Waals surface area contributed by atoms with Crippen LogP contribution in [0.15, 0.2) is 47.3 Å². The van der Waals surface area contributed by atoms with E-state index in [9.17, 15) is 4.79 Å². The first-order valence-corrected chi connectivity index (χ1v) is 10.3. The summed E-state index contributed by atoms with van der Waals surface area (Å²) < 4.78 is 18.5. The summed E-state index contributed by atoms with van der Waals surface area (Å²) in [6.45, 7) is 2.75. The van der Waals surface area contributed by atoms with Gasteiger partial charge in [-0.1, -0.05) is 25.5 Å². The monoisotopic (exact) mass is 406 g/mol. The Labute approximate surface area is 176 Å². The zero-order valence-corrected chi connectivity index (χ0v) is 17.6. The van der Waals surface area contributed by atoms with E-state index >= 15 is 0 Å². The van der Waals surface area contributed by atoms with Crippen molar-refractivity contribution in [3.05, 3.63) is 64.1 Å². The van der Waals surface area contributed by atoms with Crippen molar-refractivity contribution in [2.24, 2.45) is 0 Å². The normalized spacial score (nSPS) is 12.1. The molecular weight excluding hydrogens is 380 g/mol. The minimum Gasteiger partial charge on any atom is -0.493 e. The minimum atomic E-state index is -0.317. The molecule has 1 aliphatic rings. The van der Waals surface area contributed by atoms with Gasteiger partial charge in [0, 0.05) is 18.2 Å². The Hall–Kier alpha value is -3.28. The minimum absolute atomic E-state index is 0.287. The second-order valence-corrected chi connectivity index (χ2v) is 7.38. The van der Waals surface area contributed by atoms with Crippen molar-refractivity contribution in [1.82, 2.24) is 9.55 Å². The highest BCUT2D eigenvalue weighted by molar-refractivity contribution is 5.70. The number of ether oxygens (including phenoxy) is 3. The lowest BCUT2D eigenvalue weighted by Crippen LogP contribution is -2.28. The fourth-order valence-corrected chi connectivity index (χ4v) is 3.80. The molecule has 6 heteroatoms. The quantitative estimate of drug-likeness (QED) is 0.573. The number of hydrogen-bond acceptors (Lipinski definition) is 5. The van der Waals surface area contributed by atoms with Crippen LogP contribution >= 0.6 is 0 Å². The fourth-order valence-electron chi connectivity index (χ4n) is 3.80. The van der Waals surface area contributed by atoms with E-state index in [4.69, 9.17) is 14.2 Å². The van der Waals surface area contributed by atoms with Gasteiger partial charge < -0.3 is 14.2 Å². The van der Waals surface area contributed by atoms with Gasteiger partial charge in [0.2, 0.25) is 5.88 Å². The molecule has 156 valence electrons. The Morgan fingerprint density at radius 1 is 1.03 bits per heavy atom. The van der Waals surface area contributed by atoms with Crippen LogP contribution < -0.4 is 19.9 Å². The van der Waals surface area contributed by atoms with E-state index in [1.807, 2.05) is 30.3 Å². The van der Waals surface area contributed by atoms with E-state index in [0.717, 1.165) is 36.1 Å². The Bertz CT molecular complexity index is 1100. The smallest absolute Gasteiger partial charge is 0.351 e. The SMILES string of the molecule is CCCCc1ccc(Oc2cc3n(c(=O)n2)CCc2cc(OC)c(OC)cc2-3)cc1. The molecular formula is C24H26N2O4. The number of rotatable bonds is 7. The molecule has 0 saturated carbocycles. The number of hydrogen-bond donors (Lipinski definition) is 0. The van der Waals surface area contributed by atoms with Gasteiger partial charge in [-0.25, -0.2) is 4.79 Å². The van der Waals surface area contributed by atoms with E-state index in [-0.39, 0.29) is 11.6 Å². The average molecular weight is 406 g/mol. The van der Waals surface area contributed by atoms with Gasteiger partial charge in [-0.2, -0.15) is 4.98 Å². The van der Waals surface area contributed by atoms with Gasteiger partial charge in [0.25, 0.3) is 0 Å². The lowest BCUT2D eigenvalue weighted by Gasteiger charge is -2.23. The molecule has 1 aromatic heterocycles. The maximum absolute atomic E-state index is 12.7. The number of fused-ring (bicyclic) bond motifs is 3. The van der Waals surface area contributed by atoms with Gasteiger partial charge in [-0.15, -0.1) is 0 Å². The molecule has 0 atom stereocenters. The molecule has 6 nitrogen and oxygen atoms in total. The van der Waals surface area contributed by atoms with E-state index < -0.39 is 0 Å². The highest BCUT2D eigenvalue weighted by Gasteiger charge is 2.22. The van der Waals surface area contributed by atoms with Crippen LogP contribution in [0.1, 0.15) is 30.9 Å². The first-order valence-electron chi connectivity index (χ1n) is 10.3. The third-order valence-electron chi connectivity index (χ3n) is 5.44. The van der Waals surface area contributed by atoms with Crippen molar-refractivity contribution in [3.8, 4) is 34.4 Å². The third-order valence-corrected chi connectivity index (χ3v) is 5.44. The van der Waals surface area contributed by atoms with Crippen molar-refractivity contribution in [3.63, 3.8) is 0 Å². The first-order chi connectivity index (χ1) is 14.6. The largest absolute Gasteiger partial charge is 0.493 e. The van der Waals surface area contributed by atoms with Crippen molar-refractivity contribution >= 4 is 0 Å². The molecule has 4 rings (SSSR count). The Balaban J connectivity index is 1.68. The maximum Gasteiger partial charge on any atom is 0.351 e. The Morgan fingerprint density at radius 3 is 2.47 bits per heavy atom. The molecule has 0 aliphatic carbocycles. The van der Waals surface area contributed by atoms with Crippen LogP contribution in [0.2, 0.25) is 0 Å². The molecule has 2 heterocycles. The summed E-state index contributed by atoms with van der Waals surface area (Å²) >= 11 is 0. The molecule has 30 heavy (non-hydrogen) atoms. The highest BCUT2D eigenvalue weighted by Crippen LogP contribution is 2.38. The zero-order valence-electron chi connectivity index (χ0n) is 17.6. The number of aromatic nitrogens is 2. The van der Waals surface area contributed by atoms with Crippen molar-refractivity contribution in [1.29, 1.82) is 0 Å². The third kappa shape index (κ3) is 3.90. The van der Waals surface area contributed by atoms with Crippen LogP contribution in [0.3, 0.4) is 0 Å². The summed E-state index contributed by atoms with van der Waals surface area (Å²) in [5, 5.41) is 0. The van der Waals surface area contributed by atoms with Gasteiger partial charge in [-0.3, -0.25) is 4.57 Å². The second-order valence-electron chi connectivity index (χ2n) is 7.38. The van der Waals surface area contributed by atoms with Crippen LogP contribution in [-0.4, -0.2) is 23.8 Å². The summed E-state index contributed by atoms with van der Waals surface area (Å²) in [6.07, 6.45) is 4.11. The number of unbranched alkanes of at least 4 members (excludes halogenated alkanes) is 1. The number of benzene rings is 2. The van der Waals surface area contributed by atoms with Gasteiger partial charge in [0.05, 0.1) is 19.9 Å². The van der Waals surface area contributed by atoms with Crippen molar-refractivity contribution in [2.45, 2.75) is 39.2 Å². The second kappa shape index (κ2) is 8.61. The van der Waals surface area contributed by atoms with E-state index in [1.165, 1.54) is 12.0 Å². The van der Waals surface area contributed by atoms with Crippen molar-refractivity contribution in [2.75, 3.05) is 14.2 Å². The van der Waals surface area contributed by atoms with Crippen LogP contribution in [0.4, 0.5) is 0 Å². The van der Waals surface area contributed by atoms with Crippen LogP contribution in [-0.2, 0) is 19.4 Å². The number of methoxy groups -OCH3 is 2. The van der Waals surface area contributed by atoms with E-state index in [0.29, 0.717) is 23.8 Å². The summed E-state index contributed by atoms with van der Waals surface area (Å²) in [5.74, 6) is 2.26.